The third-order valence-electron chi connectivity index (χ3n) is 3.70. The van der Waals surface area contributed by atoms with Crippen LogP contribution < -0.4 is 5.32 Å². The predicted octanol–water partition coefficient (Wildman–Crippen LogP) is 2.65. The van der Waals surface area contributed by atoms with E-state index in [2.05, 4.69) is 43.2 Å². The Labute approximate surface area is 132 Å². The molecule has 1 N–H and O–H groups in total. The topological polar surface area (TPSA) is 64.9 Å². The predicted molar refractivity (Wildman–Crippen MR) is 82.9 cm³/mol. The highest BCUT2D eigenvalue weighted by Crippen LogP contribution is 2.34. The smallest absolute Gasteiger partial charge is 0.222 e. The maximum Gasteiger partial charge on any atom is 0.222 e. The minimum absolute atomic E-state index is 0.0930. The summed E-state index contributed by atoms with van der Waals surface area (Å²) in [5, 5.41) is 7.62. The fourth-order valence-corrected chi connectivity index (χ4v) is 2.85. The van der Waals surface area contributed by atoms with Crippen LogP contribution in [0.3, 0.4) is 0 Å². The molecular weight excluding hydrogens is 334 g/mol. The molecule has 0 aliphatic carbocycles. The van der Waals surface area contributed by atoms with E-state index in [1.807, 2.05) is 16.9 Å². The Morgan fingerprint density at radius 1 is 1.43 bits per heavy atom. The molecule has 7 heteroatoms. The summed E-state index contributed by atoms with van der Waals surface area (Å²) < 4.78 is 8.79. The number of hydrogen-bond donors (Lipinski definition) is 1. The monoisotopic (exact) mass is 351 g/mol. The van der Waals surface area contributed by atoms with Crippen LogP contribution in [-0.2, 0) is 11.3 Å². The third-order valence-corrected chi connectivity index (χ3v) is 4.11. The van der Waals surface area contributed by atoms with Gasteiger partial charge in [-0.1, -0.05) is 0 Å². The van der Waals surface area contributed by atoms with E-state index in [0.717, 1.165) is 36.3 Å². The summed E-state index contributed by atoms with van der Waals surface area (Å²) in [5.41, 5.74) is 1.15. The highest BCUT2D eigenvalue weighted by atomic mass is 79.9. The van der Waals surface area contributed by atoms with E-state index in [1.165, 1.54) is 0 Å². The molecule has 0 bridgehead atoms. The molecule has 0 amide bonds. The summed E-state index contributed by atoms with van der Waals surface area (Å²) in [6.07, 6.45) is 6.44. The average molecular weight is 352 g/mol. The summed E-state index contributed by atoms with van der Waals surface area (Å²) in [6.45, 7) is 4.53. The van der Waals surface area contributed by atoms with Crippen molar-refractivity contribution in [3.05, 3.63) is 34.8 Å². The van der Waals surface area contributed by atoms with Crippen molar-refractivity contribution in [3.8, 4) is 0 Å². The van der Waals surface area contributed by atoms with Gasteiger partial charge in [-0.15, -0.1) is 0 Å². The van der Waals surface area contributed by atoms with Crippen molar-refractivity contribution in [1.82, 2.24) is 19.7 Å². The van der Waals surface area contributed by atoms with Gasteiger partial charge < -0.3 is 10.1 Å². The van der Waals surface area contributed by atoms with Crippen LogP contribution in [-0.4, -0.2) is 32.9 Å². The first-order valence-electron chi connectivity index (χ1n) is 7.12. The maximum atomic E-state index is 5.91. The first kappa shape index (κ1) is 14.5. The van der Waals surface area contributed by atoms with Crippen molar-refractivity contribution in [2.45, 2.75) is 26.0 Å². The van der Waals surface area contributed by atoms with Crippen LogP contribution in [0.25, 0.3) is 0 Å². The van der Waals surface area contributed by atoms with Gasteiger partial charge in [0.2, 0.25) is 5.95 Å². The summed E-state index contributed by atoms with van der Waals surface area (Å²) in [7, 11) is 0. The molecule has 1 fully saturated rings. The number of ether oxygens (including phenoxy) is 1. The zero-order valence-corrected chi connectivity index (χ0v) is 13.5. The molecule has 1 aliphatic rings. The molecule has 0 radical (unpaired) electrons. The molecule has 0 unspecified atom stereocenters. The van der Waals surface area contributed by atoms with Crippen LogP contribution in [0.15, 0.2) is 29.1 Å². The number of hydrogen-bond acceptors (Lipinski definition) is 5. The van der Waals surface area contributed by atoms with Crippen molar-refractivity contribution in [1.29, 1.82) is 0 Å². The van der Waals surface area contributed by atoms with Crippen LogP contribution in [0.4, 0.5) is 5.95 Å². The zero-order valence-electron chi connectivity index (χ0n) is 11.9. The van der Waals surface area contributed by atoms with E-state index in [-0.39, 0.29) is 6.10 Å². The van der Waals surface area contributed by atoms with Crippen molar-refractivity contribution in [2.24, 2.45) is 5.92 Å². The second kappa shape index (κ2) is 6.53. The largest absolute Gasteiger partial charge is 0.372 e. The van der Waals surface area contributed by atoms with Crippen molar-refractivity contribution in [3.63, 3.8) is 0 Å². The van der Waals surface area contributed by atoms with Gasteiger partial charge >= 0.3 is 0 Å². The Morgan fingerprint density at radius 3 is 3.00 bits per heavy atom. The summed E-state index contributed by atoms with van der Waals surface area (Å²) in [4.78, 5) is 8.47. The van der Waals surface area contributed by atoms with E-state index < -0.39 is 0 Å². The van der Waals surface area contributed by atoms with E-state index in [4.69, 9.17) is 4.74 Å². The maximum absolute atomic E-state index is 5.91. The van der Waals surface area contributed by atoms with Gasteiger partial charge in [0.1, 0.15) is 6.10 Å². The van der Waals surface area contributed by atoms with Gasteiger partial charge in [-0.25, -0.2) is 9.97 Å². The van der Waals surface area contributed by atoms with Gasteiger partial charge in [-0.2, -0.15) is 5.10 Å². The normalized spacial score (nSPS) is 21.6. The Balaban J connectivity index is 1.66. The van der Waals surface area contributed by atoms with Crippen LogP contribution in [0.1, 0.15) is 25.1 Å². The molecule has 112 valence electrons. The van der Waals surface area contributed by atoms with Crippen LogP contribution >= 0.6 is 15.9 Å². The van der Waals surface area contributed by atoms with Gasteiger partial charge in [0.15, 0.2) is 0 Å². The lowest BCUT2D eigenvalue weighted by Gasteiger charge is -2.19. The van der Waals surface area contributed by atoms with Gasteiger partial charge in [0.05, 0.1) is 10.2 Å². The van der Waals surface area contributed by atoms with Crippen LogP contribution in [0.2, 0.25) is 0 Å². The third kappa shape index (κ3) is 3.24. The number of nitrogens with one attached hydrogen (secondary N) is 1. The molecule has 0 saturated carbocycles. The summed E-state index contributed by atoms with van der Waals surface area (Å²) >= 11 is 3.33. The molecule has 1 saturated heterocycles. The van der Waals surface area contributed by atoms with E-state index in [1.54, 1.807) is 12.4 Å². The lowest BCUT2D eigenvalue weighted by Crippen LogP contribution is -2.21. The number of aryl methyl sites for hydroxylation is 1. The average Bonchev–Trinajstić information content (AvgIpc) is 3.14. The van der Waals surface area contributed by atoms with Gasteiger partial charge in [-0.05, 0) is 35.3 Å². The second-order valence-electron chi connectivity index (χ2n) is 5.02. The molecule has 1 aliphatic heterocycles. The lowest BCUT2D eigenvalue weighted by molar-refractivity contribution is 0.0858. The Bertz CT molecular complexity index is 585. The fourth-order valence-electron chi connectivity index (χ4n) is 2.64. The molecule has 3 heterocycles. The van der Waals surface area contributed by atoms with E-state index in [0.29, 0.717) is 11.9 Å². The minimum atomic E-state index is 0.0930. The first-order valence-corrected chi connectivity index (χ1v) is 7.92. The minimum Gasteiger partial charge on any atom is -0.372 e. The van der Waals surface area contributed by atoms with Crippen molar-refractivity contribution < 1.29 is 4.74 Å². The number of anilines is 1. The molecule has 2 aromatic heterocycles. The molecule has 2 atom stereocenters. The number of nitrogens with zero attached hydrogens (tertiary/aromatic N) is 4. The molecule has 0 aromatic carbocycles. The quantitative estimate of drug-likeness (QED) is 0.896. The number of rotatable bonds is 5. The molecule has 6 nitrogen and oxygen atoms in total. The van der Waals surface area contributed by atoms with Gasteiger partial charge in [-0.3, -0.25) is 4.68 Å². The Kier molecular flexibility index (Phi) is 4.50. The zero-order chi connectivity index (χ0) is 14.7. The van der Waals surface area contributed by atoms with E-state index >= 15 is 0 Å². The van der Waals surface area contributed by atoms with Crippen LogP contribution in [0, 0.1) is 5.92 Å². The second-order valence-corrected chi connectivity index (χ2v) is 5.93. The molecular formula is C14H18BrN5O. The molecule has 0 spiro atoms. The van der Waals surface area contributed by atoms with Gasteiger partial charge in [0.25, 0.3) is 0 Å². The Hall–Kier alpha value is -1.47. The van der Waals surface area contributed by atoms with Crippen LogP contribution in [0.5, 0.6) is 0 Å². The highest BCUT2D eigenvalue weighted by Gasteiger charge is 2.31. The number of halogens is 1. The molecule has 3 rings (SSSR count). The van der Waals surface area contributed by atoms with Crippen molar-refractivity contribution in [2.75, 3.05) is 18.5 Å². The number of aromatic nitrogens is 4. The standard InChI is InChI=1S/C14H18BrN5O/c1-2-20-12(3-5-19-20)13-10(4-6-21-13)7-16-14-17-8-11(15)9-18-14/h3,5,8-10,13H,2,4,6-7H2,1H3,(H,16,17,18)/t10-,13+/m0/s1. The lowest BCUT2D eigenvalue weighted by atomic mass is 9.99. The Morgan fingerprint density at radius 2 is 2.24 bits per heavy atom. The fraction of sp³-hybridized carbons (Fsp3) is 0.500. The summed E-state index contributed by atoms with van der Waals surface area (Å²) in [6, 6.07) is 2.04. The molecule has 21 heavy (non-hydrogen) atoms. The summed E-state index contributed by atoms with van der Waals surface area (Å²) in [5.74, 6) is 1.05. The SMILES string of the molecule is CCn1nccc1[C@@H]1OCC[C@H]1CNc1ncc(Br)cn1. The highest BCUT2D eigenvalue weighted by molar-refractivity contribution is 9.10. The van der Waals surface area contributed by atoms with E-state index in [9.17, 15) is 0 Å². The molecule has 2 aromatic rings. The first-order chi connectivity index (χ1) is 10.3. The van der Waals surface area contributed by atoms with Gasteiger partial charge in [0, 0.05) is 44.2 Å². The van der Waals surface area contributed by atoms with Crippen molar-refractivity contribution >= 4 is 21.9 Å².